The minimum Gasteiger partial charge on any atom is -0.480 e. The van der Waals surface area contributed by atoms with Gasteiger partial charge in [0, 0.05) is 17.2 Å². The van der Waals surface area contributed by atoms with Gasteiger partial charge in [0.05, 0.1) is 0 Å². The zero-order valence-electron chi connectivity index (χ0n) is 10.5. The number of rotatable bonds is 6. The van der Waals surface area contributed by atoms with Crippen molar-refractivity contribution in [2.75, 3.05) is 12.3 Å². The van der Waals surface area contributed by atoms with E-state index in [0.29, 0.717) is 6.54 Å². The summed E-state index contributed by atoms with van der Waals surface area (Å²) >= 11 is 1.73. The van der Waals surface area contributed by atoms with Gasteiger partial charge in [-0.15, -0.1) is 11.8 Å². The molecule has 4 heteroatoms. The molecule has 0 fully saturated rings. The van der Waals surface area contributed by atoms with Crippen molar-refractivity contribution in [1.29, 1.82) is 0 Å². The highest BCUT2D eigenvalue weighted by atomic mass is 32.2. The number of nitrogens with one attached hydrogen (secondary N) is 1. The molecule has 0 aliphatic carbocycles. The number of thioether (sulfide) groups is 1. The maximum Gasteiger partial charge on any atom is 0.323 e. The van der Waals surface area contributed by atoms with Crippen molar-refractivity contribution in [1.82, 2.24) is 5.32 Å². The molecule has 0 unspecified atom stereocenters. The SMILES string of the molecule is Cc1ccc(SCCNC(C)(C)C(=O)O)cc1. The summed E-state index contributed by atoms with van der Waals surface area (Å²) < 4.78 is 0. The first-order valence-electron chi connectivity index (χ1n) is 5.60. The van der Waals surface area contributed by atoms with Crippen molar-refractivity contribution in [3.05, 3.63) is 29.8 Å². The van der Waals surface area contributed by atoms with Gasteiger partial charge in [-0.2, -0.15) is 0 Å². The van der Waals surface area contributed by atoms with Crippen molar-refractivity contribution in [3.63, 3.8) is 0 Å². The van der Waals surface area contributed by atoms with Gasteiger partial charge in [-0.05, 0) is 32.9 Å². The first-order chi connectivity index (χ1) is 7.92. The molecule has 94 valence electrons. The van der Waals surface area contributed by atoms with E-state index in [1.807, 2.05) is 0 Å². The fourth-order valence-electron chi connectivity index (χ4n) is 1.24. The summed E-state index contributed by atoms with van der Waals surface area (Å²) in [7, 11) is 0. The van der Waals surface area contributed by atoms with Gasteiger partial charge in [0.1, 0.15) is 5.54 Å². The first-order valence-corrected chi connectivity index (χ1v) is 6.58. The predicted octanol–water partition coefficient (Wildman–Crippen LogP) is 2.54. The van der Waals surface area contributed by atoms with E-state index < -0.39 is 11.5 Å². The third-order valence-corrected chi connectivity index (χ3v) is 3.51. The van der Waals surface area contributed by atoms with E-state index in [1.165, 1.54) is 10.5 Å². The number of aliphatic carboxylic acids is 1. The van der Waals surface area contributed by atoms with Crippen LogP contribution in [-0.4, -0.2) is 28.9 Å². The maximum atomic E-state index is 10.9. The molecule has 0 atom stereocenters. The molecule has 0 heterocycles. The monoisotopic (exact) mass is 253 g/mol. The molecular weight excluding hydrogens is 234 g/mol. The Kier molecular flexibility index (Phi) is 5.02. The van der Waals surface area contributed by atoms with Crippen molar-refractivity contribution in [2.24, 2.45) is 0 Å². The van der Waals surface area contributed by atoms with Gasteiger partial charge in [-0.3, -0.25) is 4.79 Å². The third kappa shape index (κ3) is 4.79. The van der Waals surface area contributed by atoms with Crippen LogP contribution in [0.4, 0.5) is 0 Å². The molecular formula is C13H19NO2S. The lowest BCUT2D eigenvalue weighted by Gasteiger charge is -2.20. The van der Waals surface area contributed by atoms with Gasteiger partial charge < -0.3 is 10.4 Å². The number of carbonyl (C=O) groups is 1. The maximum absolute atomic E-state index is 10.9. The molecule has 0 amide bonds. The van der Waals surface area contributed by atoms with Crippen molar-refractivity contribution < 1.29 is 9.90 Å². The van der Waals surface area contributed by atoms with Gasteiger partial charge in [0.25, 0.3) is 0 Å². The molecule has 2 N–H and O–H groups in total. The Balaban J connectivity index is 2.29. The summed E-state index contributed by atoms with van der Waals surface area (Å²) in [6.45, 7) is 6.08. The molecule has 1 aromatic rings. The Hall–Kier alpha value is -1.00. The molecule has 0 radical (unpaired) electrons. The van der Waals surface area contributed by atoms with Crippen molar-refractivity contribution >= 4 is 17.7 Å². The number of hydrogen-bond donors (Lipinski definition) is 2. The molecule has 17 heavy (non-hydrogen) atoms. The molecule has 1 rings (SSSR count). The van der Waals surface area contributed by atoms with Crippen LogP contribution in [0.1, 0.15) is 19.4 Å². The average molecular weight is 253 g/mol. The van der Waals surface area contributed by atoms with Crippen LogP contribution in [0.2, 0.25) is 0 Å². The minimum atomic E-state index is -0.853. The van der Waals surface area contributed by atoms with E-state index in [4.69, 9.17) is 5.11 Å². The van der Waals surface area contributed by atoms with Crippen molar-refractivity contribution in [2.45, 2.75) is 31.2 Å². The second-order valence-electron chi connectivity index (χ2n) is 4.52. The summed E-state index contributed by atoms with van der Waals surface area (Å²) in [4.78, 5) is 12.1. The predicted molar refractivity (Wildman–Crippen MR) is 71.6 cm³/mol. The fourth-order valence-corrected chi connectivity index (χ4v) is 2.01. The van der Waals surface area contributed by atoms with E-state index in [9.17, 15) is 4.79 Å². The van der Waals surface area contributed by atoms with E-state index >= 15 is 0 Å². The first kappa shape index (κ1) is 14.1. The van der Waals surface area contributed by atoms with Crippen LogP contribution < -0.4 is 5.32 Å². The molecule has 0 saturated carbocycles. The lowest BCUT2D eigenvalue weighted by atomic mass is 10.1. The minimum absolute atomic E-state index is 0.678. The van der Waals surface area contributed by atoms with Gasteiger partial charge >= 0.3 is 5.97 Å². The van der Waals surface area contributed by atoms with Gasteiger partial charge in [-0.25, -0.2) is 0 Å². The Bertz CT molecular complexity index is 374. The van der Waals surface area contributed by atoms with Crippen LogP contribution in [0.15, 0.2) is 29.2 Å². The van der Waals surface area contributed by atoms with Gasteiger partial charge in [0.2, 0.25) is 0 Å². The molecule has 0 aliphatic rings. The molecule has 0 spiro atoms. The number of carboxylic acid groups (broad SMARTS) is 1. The zero-order valence-corrected chi connectivity index (χ0v) is 11.3. The lowest BCUT2D eigenvalue weighted by Crippen LogP contribution is -2.47. The standard InChI is InChI=1S/C13H19NO2S/c1-10-4-6-11(7-5-10)17-9-8-14-13(2,3)12(15)16/h4-7,14H,8-9H2,1-3H3,(H,15,16). The molecule has 0 saturated heterocycles. The van der Waals surface area contributed by atoms with Crippen LogP contribution in [0.3, 0.4) is 0 Å². The smallest absolute Gasteiger partial charge is 0.323 e. The second-order valence-corrected chi connectivity index (χ2v) is 5.69. The third-order valence-electron chi connectivity index (χ3n) is 2.49. The Labute approximate surface area is 107 Å². The summed E-state index contributed by atoms with van der Waals surface area (Å²) in [6.07, 6.45) is 0. The van der Waals surface area contributed by atoms with E-state index in [2.05, 4.69) is 36.5 Å². The molecule has 3 nitrogen and oxygen atoms in total. The molecule has 0 bridgehead atoms. The van der Waals surface area contributed by atoms with Gasteiger partial charge in [0.15, 0.2) is 0 Å². The van der Waals surface area contributed by atoms with E-state index in [0.717, 1.165) is 5.75 Å². The summed E-state index contributed by atoms with van der Waals surface area (Å²) in [5, 5.41) is 11.9. The number of carboxylic acids is 1. The van der Waals surface area contributed by atoms with Crippen LogP contribution in [0.5, 0.6) is 0 Å². The zero-order chi connectivity index (χ0) is 12.9. The largest absolute Gasteiger partial charge is 0.480 e. The topological polar surface area (TPSA) is 49.3 Å². The molecule has 1 aromatic carbocycles. The number of hydrogen-bond acceptors (Lipinski definition) is 3. The fraction of sp³-hybridized carbons (Fsp3) is 0.462. The van der Waals surface area contributed by atoms with E-state index in [-0.39, 0.29) is 0 Å². The number of aryl methyl sites for hydroxylation is 1. The lowest BCUT2D eigenvalue weighted by molar-refractivity contribution is -0.143. The van der Waals surface area contributed by atoms with Crippen LogP contribution in [-0.2, 0) is 4.79 Å². The van der Waals surface area contributed by atoms with Crippen molar-refractivity contribution in [3.8, 4) is 0 Å². The Morgan fingerprint density at radius 2 is 1.94 bits per heavy atom. The Morgan fingerprint density at radius 3 is 2.47 bits per heavy atom. The summed E-state index contributed by atoms with van der Waals surface area (Å²) in [6, 6.07) is 8.33. The molecule has 0 aromatic heterocycles. The van der Waals surface area contributed by atoms with Crippen LogP contribution in [0.25, 0.3) is 0 Å². The highest BCUT2D eigenvalue weighted by Crippen LogP contribution is 2.17. The quantitative estimate of drug-likeness (QED) is 0.604. The molecule has 0 aliphatic heterocycles. The van der Waals surface area contributed by atoms with Crippen LogP contribution in [0, 0.1) is 6.92 Å². The second kappa shape index (κ2) is 6.07. The normalized spacial score (nSPS) is 11.5. The van der Waals surface area contributed by atoms with E-state index in [1.54, 1.807) is 25.6 Å². The van der Waals surface area contributed by atoms with Crippen LogP contribution >= 0.6 is 11.8 Å². The summed E-state index contributed by atoms with van der Waals surface area (Å²) in [5.41, 5.74) is 0.396. The van der Waals surface area contributed by atoms with Gasteiger partial charge in [-0.1, -0.05) is 17.7 Å². The Morgan fingerprint density at radius 1 is 1.35 bits per heavy atom. The highest BCUT2D eigenvalue weighted by Gasteiger charge is 2.25. The summed E-state index contributed by atoms with van der Waals surface area (Å²) in [5.74, 6) is 0.0394. The average Bonchev–Trinajstić information content (AvgIpc) is 2.26. The highest BCUT2D eigenvalue weighted by molar-refractivity contribution is 7.99. The number of benzene rings is 1.